The highest BCUT2D eigenvalue weighted by Crippen LogP contribution is 2.60. The van der Waals surface area contributed by atoms with E-state index in [2.05, 4.69) is 110 Å². The van der Waals surface area contributed by atoms with Gasteiger partial charge in [0.25, 0.3) is 5.69 Å². The molecule has 44 heavy (non-hydrogen) atoms. The number of benzene rings is 5. The standard InChI is InChI=1S/C39H32N2O3/c1-38(2)35-25-31(20-19-30-17-15-29(16-18-30)14-13-28-9-5-3-6-10-28)21-23-36(35)40-27-32-26-34(41(42)43)22-24-37(32)44-39(38,40)33-11-7-4-8-12-33/h3-26H,27H2,1-2H3. The number of ether oxygens (including phenoxy) is 1. The van der Waals surface area contributed by atoms with Crippen LogP contribution in [0.1, 0.15) is 52.8 Å². The van der Waals surface area contributed by atoms with Gasteiger partial charge in [-0.2, -0.15) is 0 Å². The lowest BCUT2D eigenvalue weighted by Gasteiger charge is -2.50. The fourth-order valence-electron chi connectivity index (χ4n) is 6.60. The van der Waals surface area contributed by atoms with Gasteiger partial charge in [0, 0.05) is 28.9 Å². The number of rotatable bonds is 6. The number of nitro benzene ring substituents is 1. The van der Waals surface area contributed by atoms with Gasteiger partial charge in [0.1, 0.15) is 5.75 Å². The summed E-state index contributed by atoms with van der Waals surface area (Å²) < 4.78 is 6.97. The van der Waals surface area contributed by atoms with E-state index in [9.17, 15) is 10.1 Å². The first-order valence-electron chi connectivity index (χ1n) is 14.8. The summed E-state index contributed by atoms with van der Waals surface area (Å²) in [6.07, 6.45) is 8.54. The Balaban J connectivity index is 1.22. The van der Waals surface area contributed by atoms with E-state index >= 15 is 0 Å². The second-order valence-electron chi connectivity index (χ2n) is 11.9. The minimum absolute atomic E-state index is 0.0685. The second-order valence-corrected chi connectivity index (χ2v) is 11.9. The van der Waals surface area contributed by atoms with Gasteiger partial charge in [0.15, 0.2) is 0 Å². The number of non-ortho nitro benzene ring substituents is 1. The molecule has 2 heterocycles. The maximum atomic E-state index is 11.5. The lowest BCUT2D eigenvalue weighted by atomic mass is 9.73. The molecule has 0 saturated heterocycles. The Morgan fingerprint density at radius 3 is 1.91 bits per heavy atom. The van der Waals surface area contributed by atoms with Crippen LogP contribution in [-0.4, -0.2) is 4.92 Å². The molecular formula is C39H32N2O3. The van der Waals surface area contributed by atoms with Crippen LogP contribution < -0.4 is 9.64 Å². The van der Waals surface area contributed by atoms with Crippen molar-refractivity contribution in [2.45, 2.75) is 31.5 Å². The number of hydrogen-bond donors (Lipinski definition) is 0. The van der Waals surface area contributed by atoms with Gasteiger partial charge >= 0.3 is 0 Å². The summed E-state index contributed by atoms with van der Waals surface area (Å²) in [6.45, 7) is 4.96. The minimum Gasteiger partial charge on any atom is -0.462 e. The monoisotopic (exact) mass is 576 g/mol. The number of nitro groups is 1. The molecular weight excluding hydrogens is 544 g/mol. The smallest absolute Gasteiger partial charge is 0.270 e. The Kier molecular flexibility index (Phi) is 6.66. The van der Waals surface area contributed by atoms with Gasteiger partial charge in [-0.15, -0.1) is 0 Å². The van der Waals surface area contributed by atoms with E-state index in [0.29, 0.717) is 12.3 Å². The maximum Gasteiger partial charge on any atom is 0.270 e. The van der Waals surface area contributed by atoms with Crippen molar-refractivity contribution in [3.63, 3.8) is 0 Å². The van der Waals surface area contributed by atoms with Gasteiger partial charge in [-0.05, 0) is 59.9 Å². The summed E-state index contributed by atoms with van der Waals surface area (Å²) in [5.41, 5.74) is 7.46. The van der Waals surface area contributed by atoms with Gasteiger partial charge in [0.2, 0.25) is 5.72 Å². The SMILES string of the molecule is CC1(C)c2cc(C=Cc3ccc(C=Cc4ccccc4)cc3)ccc2N2Cc3cc([N+](=O)[O-])ccc3OC21c1ccccc1. The highest BCUT2D eigenvalue weighted by Gasteiger charge is 2.62. The molecule has 0 amide bonds. The Labute approximate surface area is 257 Å². The van der Waals surface area contributed by atoms with Crippen molar-refractivity contribution in [1.29, 1.82) is 0 Å². The average Bonchev–Trinajstić information content (AvgIpc) is 3.25. The highest BCUT2D eigenvalue weighted by atomic mass is 16.6. The summed E-state index contributed by atoms with van der Waals surface area (Å²) in [7, 11) is 0. The van der Waals surface area contributed by atoms with Crippen LogP contribution in [0, 0.1) is 10.1 Å². The first kappa shape index (κ1) is 27.4. The molecule has 216 valence electrons. The summed E-state index contributed by atoms with van der Waals surface area (Å²) >= 11 is 0. The van der Waals surface area contributed by atoms with E-state index in [4.69, 9.17) is 4.74 Å². The third kappa shape index (κ3) is 4.58. The summed E-state index contributed by atoms with van der Waals surface area (Å²) in [4.78, 5) is 13.5. The number of fused-ring (bicyclic) bond motifs is 4. The van der Waals surface area contributed by atoms with Gasteiger partial charge in [-0.25, -0.2) is 0 Å². The molecule has 5 aromatic carbocycles. The molecule has 1 unspecified atom stereocenters. The van der Waals surface area contributed by atoms with Crippen LogP contribution in [0.3, 0.4) is 0 Å². The molecule has 0 N–H and O–H groups in total. The van der Waals surface area contributed by atoms with Crippen molar-refractivity contribution in [1.82, 2.24) is 0 Å². The molecule has 0 bridgehead atoms. The lowest BCUT2D eigenvalue weighted by Crippen LogP contribution is -2.58. The first-order chi connectivity index (χ1) is 21.3. The summed E-state index contributed by atoms with van der Waals surface area (Å²) in [6, 6.07) is 40.6. The Morgan fingerprint density at radius 1 is 0.705 bits per heavy atom. The first-order valence-corrected chi connectivity index (χ1v) is 14.8. The number of nitrogens with zero attached hydrogens (tertiary/aromatic N) is 2. The second kappa shape index (κ2) is 10.7. The predicted molar refractivity (Wildman–Crippen MR) is 178 cm³/mol. The van der Waals surface area contributed by atoms with Gasteiger partial charge in [-0.1, -0.05) is 115 Å². The van der Waals surface area contributed by atoms with E-state index in [1.54, 1.807) is 12.1 Å². The predicted octanol–water partition coefficient (Wildman–Crippen LogP) is 9.48. The van der Waals surface area contributed by atoms with Crippen molar-refractivity contribution in [3.05, 3.63) is 170 Å². The van der Waals surface area contributed by atoms with E-state index in [1.165, 1.54) is 17.2 Å². The lowest BCUT2D eigenvalue weighted by molar-refractivity contribution is -0.385. The Hall–Kier alpha value is -5.42. The molecule has 2 aliphatic rings. The summed E-state index contributed by atoms with van der Waals surface area (Å²) in [5, 5.41) is 11.5. The molecule has 5 heteroatoms. The van der Waals surface area contributed by atoms with Crippen LogP contribution in [0.4, 0.5) is 11.4 Å². The fraction of sp³-hybridized carbons (Fsp3) is 0.128. The molecule has 0 saturated carbocycles. The number of anilines is 1. The molecule has 0 spiro atoms. The molecule has 1 atom stereocenters. The van der Waals surface area contributed by atoms with E-state index < -0.39 is 11.1 Å². The van der Waals surface area contributed by atoms with Crippen molar-refractivity contribution < 1.29 is 9.66 Å². The quantitative estimate of drug-likeness (QED) is 0.115. The van der Waals surface area contributed by atoms with E-state index in [1.807, 2.05) is 36.4 Å². The van der Waals surface area contributed by atoms with Crippen LogP contribution in [0.2, 0.25) is 0 Å². The van der Waals surface area contributed by atoms with Crippen molar-refractivity contribution in [2.24, 2.45) is 0 Å². The van der Waals surface area contributed by atoms with Gasteiger partial charge in [-0.3, -0.25) is 10.1 Å². The Bertz CT molecular complexity index is 1910. The van der Waals surface area contributed by atoms with Gasteiger partial charge < -0.3 is 9.64 Å². The molecule has 2 aliphatic heterocycles. The summed E-state index contributed by atoms with van der Waals surface area (Å²) in [5.74, 6) is 0.679. The largest absolute Gasteiger partial charge is 0.462 e. The molecule has 0 fully saturated rings. The fourth-order valence-corrected chi connectivity index (χ4v) is 6.60. The van der Waals surface area contributed by atoms with Crippen LogP contribution >= 0.6 is 0 Å². The van der Waals surface area contributed by atoms with E-state index in [0.717, 1.165) is 33.5 Å². The molecule has 0 aromatic heterocycles. The van der Waals surface area contributed by atoms with Crippen molar-refractivity contribution in [2.75, 3.05) is 4.90 Å². The molecule has 5 aromatic rings. The topological polar surface area (TPSA) is 55.6 Å². The molecule has 7 rings (SSSR count). The average molecular weight is 577 g/mol. The normalized spacial score (nSPS) is 18.1. The van der Waals surface area contributed by atoms with Crippen LogP contribution in [0.5, 0.6) is 5.75 Å². The van der Waals surface area contributed by atoms with Crippen LogP contribution in [0.15, 0.2) is 121 Å². The van der Waals surface area contributed by atoms with E-state index in [-0.39, 0.29) is 10.6 Å². The maximum absolute atomic E-state index is 11.5. The molecule has 0 radical (unpaired) electrons. The molecule has 0 aliphatic carbocycles. The Morgan fingerprint density at radius 2 is 1.27 bits per heavy atom. The van der Waals surface area contributed by atoms with Crippen molar-refractivity contribution in [3.8, 4) is 5.75 Å². The van der Waals surface area contributed by atoms with Crippen LogP contribution in [-0.2, 0) is 17.7 Å². The zero-order valence-corrected chi connectivity index (χ0v) is 24.7. The third-order valence-corrected chi connectivity index (χ3v) is 8.89. The third-order valence-electron chi connectivity index (χ3n) is 8.89. The van der Waals surface area contributed by atoms with Crippen molar-refractivity contribution >= 4 is 35.7 Å². The zero-order valence-electron chi connectivity index (χ0n) is 24.7. The van der Waals surface area contributed by atoms with Gasteiger partial charge in [0.05, 0.1) is 16.9 Å². The molecule has 5 nitrogen and oxygen atoms in total. The minimum atomic E-state index is -0.814. The number of hydrogen-bond acceptors (Lipinski definition) is 4. The zero-order chi connectivity index (χ0) is 30.3. The highest BCUT2D eigenvalue weighted by molar-refractivity contribution is 5.77. The van der Waals surface area contributed by atoms with Crippen LogP contribution in [0.25, 0.3) is 24.3 Å².